The van der Waals surface area contributed by atoms with E-state index >= 15 is 0 Å². The minimum atomic E-state index is 0.0324. The van der Waals surface area contributed by atoms with Gasteiger partial charge in [0.25, 0.3) is 0 Å². The summed E-state index contributed by atoms with van der Waals surface area (Å²) in [5.41, 5.74) is 1.04. The lowest BCUT2D eigenvalue weighted by Gasteiger charge is -2.01. The molecule has 18 heavy (non-hydrogen) atoms. The van der Waals surface area contributed by atoms with Gasteiger partial charge in [-0.1, -0.05) is 31.5 Å². The highest BCUT2D eigenvalue weighted by Crippen LogP contribution is 2.33. The molecule has 0 aliphatic heterocycles. The number of hydrogen-bond acceptors (Lipinski definition) is 2. The van der Waals surface area contributed by atoms with Crippen LogP contribution in [0, 0.1) is 5.92 Å². The van der Waals surface area contributed by atoms with E-state index in [0.717, 1.165) is 19.8 Å². The normalized spacial score (nSPS) is 10.9. The molecule has 0 spiro atoms. The molecule has 4 heteroatoms. The molecule has 94 valence electrons. The van der Waals surface area contributed by atoms with Crippen LogP contribution in [0.2, 0.25) is 5.02 Å². The first-order chi connectivity index (χ1) is 8.49. The maximum atomic E-state index is 11.9. The molecule has 0 radical (unpaired) electrons. The van der Waals surface area contributed by atoms with Crippen molar-refractivity contribution in [3.8, 4) is 10.4 Å². The van der Waals surface area contributed by atoms with E-state index in [1.54, 1.807) is 0 Å². The van der Waals surface area contributed by atoms with E-state index < -0.39 is 0 Å². The van der Waals surface area contributed by atoms with Gasteiger partial charge in [-0.2, -0.15) is 0 Å². The molecule has 0 atom stereocenters. The Hall–Kier alpha value is -0.640. The molecule has 0 aliphatic rings. The van der Waals surface area contributed by atoms with E-state index in [9.17, 15) is 4.79 Å². The number of hydrogen-bond donors (Lipinski definition) is 0. The second-order valence-electron chi connectivity index (χ2n) is 4.31. The molecule has 0 bridgehead atoms. The van der Waals surface area contributed by atoms with Crippen molar-refractivity contribution in [3.63, 3.8) is 0 Å². The Morgan fingerprint density at radius 3 is 2.61 bits per heavy atom. The number of carbonyl (C=O) groups is 1. The predicted octanol–water partition coefficient (Wildman–Crippen LogP) is 5.67. The van der Waals surface area contributed by atoms with Gasteiger partial charge in [0.15, 0.2) is 5.78 Å². The van der Waals surface area contributed by atoms with Gasteiger partial charge in [-0.3, -0.25) is 4.79 Å². The van der Waals surface area contributed by atoms with Crippen LogP contribution in [0.4, 0.5) is 0 Å². The second kappa shape index (κ2) is 5.55. The second-order valence-corrected chi connectivity index (χ2v) is 6.66. The number of thiophene rings is 1. The summed E-state index contributed by atoms with van der Waals surface area (Å²) in [6, 6.07) is 9.67. The zero-order valence-corrected chi connectivity index (χ0v) is 13.2. The average molecular weight is 344 g/mol. The molecule has 2 rings (SSSR count). The van der Waals surface area contributed by atoms with Gasteiger partial charge in [0.2, 0.25) is 0 Å². The average Bonchev–Trinajstić information content (AvgIpc) is 2.81. The van der Waals surface area contributed by atoms with Crippen molar-refractivity contribution in [3.05, 3.63) is 44.7 Å². The summed E-state index contributed by atoms with van der Waals surface area (Å²) < 4.78 is 0.878. The molecule has 0 saturated carbocycles. The van der Waals surface area contributed by atoms with E-state index in [0.29, 0.717) is 5.02 Å². The minimum absolute atomic E-state index is 0.0324. The largest absolute Gasteiger partial charge is 0.293 e. The van der Waals surface area contributed by atoms with Crippen molar-refractivity contribution in [2.24, 2.45) is 5.92 Å². The van der Waals surface area contributed by atoms with Crippen LogP contribution in [0.5, 0.6) is 0 Å². The third kappa shape index (κ3) is 2.85. The number of rotatable bonds is 3. The van der Waals surface area contributed by atoms with Gasteiger partial charge >= 0.3 is 0 Å². The number of ketones is 1. The van der Waals surface area contributed by atoms with Crippen LogP contribution in [-0.4, -0.2) is 5.78 Å². The van der Waals surface area contributed by atoms with Gasteiger partial charge < -0.3 is 0 Å². The summed E-state index contributed by atoms with van der Waals surface area (Å²) >= 11 is 11.0. The number of Topliss-reactive ketones (excluding diaryl/α,β-unsaturated/α-hetero) is 1. The Bertz CT molecular complexity index is 589. The summed E-state index contributed by atoms with van der Waals surface area (Å²) in [5, 5.41) is 0.678. The van der Waals surface area contributed by atoms with E-state index in [2.05, 4.69) is 15.9 Å². The Labute approximate surface area is 124 Å². The number of halogens is 2. The fraction of sp³-hybridized carbons (Fsp3) is 0.214. The van der Waals surface area contributed by atoms with Crippen LogP contribution in [0.25, 0.3) is 10.4 Å². The number of benzene rings is 1. The molecule has 1 aromatic carbocycles. The van der Waals surface area contributed by atoms with Crippen molar-refractivity contribution >= 4 is 44.7 Å². The predicted molar refractivity (Wildman–Crippen MR) is 81.6 cm³/mol. The first-order valence-electron chi connectivity index (χ1n) is 5.58. The summed E-state index contributed by atoms with van der Waals surface area (Å²) in [6.07, 6.45) is 0. The lowest BCUT2D eigenvalue weighted by molar-refractivity contribution is 0.0943. The molecule has 0 fully saturated rings. The van der Waals surface area contributed by atoms with Crippen LogP contribution in [0.1, 0.15) is 23.5 Å². The highest BCUT2D eigenvalue weighted by Gasteiger charge is 2.13. The fourth-order valence-corrected chi connectivity index (χ4v) is 3.08. The van der Waals surface area contributed by atoms with Crippen LogP contribution in [-0.2, 0) is 0 Å². The summed E-state index contributed by atoms with van der Waals surface area (Å²) in [7, 11) is 0. The molecule has 0 saturated heterocycles. The van der Waals surface area contributed by atoms with Gasteiger partial charge in [0, 0.05) is 15.3 Å². The van der Waals surface area contributed by atoms with Gasteiger partial charge in [-0.15, -0.1) is 11.3 Å². The van der Waals surface area contributed by atoms with Gasteiger partial charge in [-0.05, 0) is 45.8 Å². The van der Waals surface area contributed by atoms with Crippen molar-refractivity contribution in [1.82, 2.24) is 0 Å². The van der Waals surface area contributed by atoms with Crippen LogP contribution < -0.4 is 0 Å². The van der Waals surface area contributed by atoms with Crippen molar-refractivity contribution < 1.29 is 4.79 Å². The minimum Gasteiger partial charge on any atom is -0.293 e. The summed E-state index contributed by atoms with van der Waals surface area (Å²) in [4.78, 5) is 13.8. The SMILES string of the molecule is CC(C)C(=O)c1ccc(-c2ccc(Br)c(Cl)c2)s1. The third-order valence-electron chi connectivity index (χ3n) is 2.58. The highest BCUT2D eigenvalue weighted by molar-refractivity contribution is 9.10. The molecular weight excluding hydrogens is 332 g/mol. The van der Waals surface area contributed by atoms with Crippen molar-refractivity contribution in [2.45, 2.75) is 13.8 Å². The monoisotopic (exact) mass is 342 g/mol. The summed E-state index contributed by atoms with van der Waals surface area (Å²) in [6.45, 7) is 3.83. The standard InChI is InChI=1S/C14H12BrClOS/c1-8(2)14(17)13-6-5-12(18-13)9-3-4-10(15)11(16)7-9/h3-8H,1-2H3. The van der Waals surface area contributed by atoms with Gasteiger partial charge in [0.05, 0.1) is 9.90 Å². The Kier molecular flexibility index (Phi) is 4.25. The van der Waals surface area contributed by atoms with Crippen molar-refractivity contribution in [1.29, 1.82) is 0 Å². The van der Waals surface area contributed by atoms with E-state index in [4.69, 9.17) is 11.6 Å². The first kappa shape index (κ1) is 13.8. The molecule has 0 N–H and O–H groups in total. The zero-order valence-electron chi connectivity index (χ0n) is 10.0. The zero-order chi connectivity index (χ0) is 13.3. The Morgan fingerprint density at radius 2 is 2.00 bits per heavy atom. The van der Waals surface area contributed by atoms with Gasteiger partial charge in [-0.25, -0.2) is 0 Å². The molecule has 0 unspecified atom stereocenters. The molecule has 1 aromatic heterocycles. The number of carbonyl (C=O) groups excluding carboxylic acids is 1. The lowest BCUT2D eigenvalue weighted by atomic mass is 10.1. The maximum Gasteiger partial charge on any atom is 0.175 e. The van der Waals surface area contributed by atoms with Crippen LogP contribution in [0.15, 0.2) is 34.8 Å². The third-order valence-corrected chi connectivity index (χ3v) is 4.96. The van der Waals surface area contributed by atoms with Crippen LogP contribution >= 0.6 is 38.9 Å². The van der Waals surface area contributed by atoms with Crippen LogP contribution in [0.3, 0.4) is 0 Å². The molecule has 0 aliphatic carbocycles. The topological polar surface area (TPSA) is 17.1 Å². The smallest absolute Gasteiger partial charge is 0.175 e. The first-order valence-corrected chi connectivity index (χ1v) is 7.57. The summed E-state index contributed by atoms with van der Waals surface area (Å²) in [5.74, 6) is 0.222. The van der Waals surface area contributed by atoms with Gasteiger partial charge in [0.1, 0.15) is 0 Å². The van der Waals surface area contributed by atoms with E-state index in [1.165, 1.54) is 11.3 Å². The molecule has 1 nitrogen and oxygen atoms in total. The highest BCUT2D eigenvalue weighted by atomic mass is 79.9. The van der Waals surface area contributed by atoms with Crippen molar-refractivity contribution in [2.75, 3.05) is 0 Å². The lowest BCUT2D eigenvalue weighted by Crippen LogP contribution is -2.04. The molecular formula is C14H12BrClOS. The Morgan fingerprint density at radius 1 is 1.28 bits per heavy atom. The molecule has 1 heterocycles. The fourth-order valence-electron chi connectivity index (χ4n) is 1.56. The molecule has 0 amide bonds. The molecule has 2 aromatic rings. The van der Waals surface area contributed by atoms with E-state index in [-0.39, 0.29) is 11.7 Å². The quantitative estimate of drug-likeness (QED) is 0.656. The maximum absolute atomic E-state index is 11.9. The van der Waals surface area contributed by atoms with E-state index in [1.807, 2.05) is 44.2 Å². The Balaban J connectivity index is 2.35.